The number of benzene rings is 1. The lowest BCUT2D eigenvalue weighted by Crippen LogP contribution is -2.48. The second-order valence-corrected chi connectivity index (χ2v) is 5.25. The van der Waals surface area contributed by atoms with Gasteiger partial charge in [-0.05, 0) is 32.4 Å². The standard InChI is InChI=1S/C15H20N2O2S/c1-4-19-14(18)12-9-17(15(20)16-11(12)3)13-8-6-5-7-10(13)2/h5-8,15-16,20H,4,9H2,1-3H3. The Kier molecular flexibility index (Phi) is 4.60. The summed E-state index contributed by atoms with van der Waals surface area (Å²) in [6.07, 6.45) is 0. The monoisotopic (exact) mass is 292 g/mol. The smallest absolute Gasteiger partial charge is 0.337 e. The van der Waals surface area contributed by atoms with Gasteiger partial charge in [0.15, 0.2) is 0 Å². The van der Waals surface area contributed by atoms with Gasteiger partial charge in [-0.1, -0.05) is 18.2 Å². The second-order valence-electron chi connectivity index (χ2n) is 4.76. The maximum absolute atomic E-state index is 12.0. The molecule has 0 aromatic heterocycles. The summed E-state index contributed by atoms with van der Waals surface area (Å²) in [5.74, 6) is -0.267. The Morgan fingerprint density at radius 1 is 1.45 bits per heavy atom. The molecule has 1 aromatic rings. The summed E-state index contributed by atoms with van der Waals surface area (Å²) in [4.78, 5) is 14.1. The summed E-state index contributed by atoms with van der Waals surface area (Å²) in [7, 11) is 0. The molecule has 0 radical (unpaired) electrons. The lowest BCUT2D eigenvalue weighted by atomic mass is 10.1. The predicted octanol–water partition coefficient (Wildman–Crippen LogP) is 2.46. The van der Waals surface area contributed by atoms with E-state index < -0.39 is 0 Å². The van der Waals surface area contributed by atoms with Crippen molar-refractivity contribution in [2.24, 2.45) is 0 Å². The molecule has 0 fully saturated rings. The number of esters is 1. The van der Waals surface area contributed by atoms with Crippen molar-refractivity contribution >= 4 is 24.3 Å². The van der Waals surface area contributed by atoms with Crippen molar-refractivity contribution in [3.63, 3.8) is 0 Å². The van der Waals surface area contributed by atoms with E-state index in [1.165, 1.54) is 0 Å². The first kappa shape index (κ1) is 14.8. The van der Waals surface area contributed by atoms with E-state index in [1.54, 1.807) is 0 Å². The van der Waals surface area contributed by atoms with Gasteiger partial charge >= 0.3 is 5.97 Å². The predicted molar refractivity (Wildman–Crippen MR) is 83.8 cm³/mol. The van der Waals surface area contributed by atoms with Gasteiger partial charge < -0.3 is 15.0 Å². The third-order valence-corrected chi connectivity index (χ3v) is 3.78. The fraction of sp³-hybridized carbons (Fsp3) is 0.400. The molecule has 108 valence electrons. The highest BCUT2D eigenvalue weighted by Crippen LogP contribution is 2.27. The number of anilines is 1. The van der Waals surface area contributed by atoms with Crippen molar-refractivity contribution in [1.82, 2.24) is 5.32 Å². The minimum atomic E-state index is -0.267. The topological polar surface area (TPSA) is 41.6 Å². The van der Waals surface area contributed by atoms with Crippen LogP contribution in [0.3, 0.4) is 0 Å². The molecular formula is C15H20N2O2S. The number of allylic oxidation sites excluding steroid dienone is 1. The van der Waals surface area contributed by atoms with Crippen LogP contribution in [-0.2, 0) is 9.53 Å². The van der Waals surface area contributed by atoms with Crippen LogP contribution in [0, 0.1) is 6.92 Å². The van der Waals surface area contributed by atoms with E-state index in [9.17, 15) is 4.79 Å². The molecule has 0 bridgehead atoms. The van der Waals surface area contributed by atoms with Crippen molar-refractivity contribution in [2.75, 3.05) is 18.1 Å². The third kappa shape index (κ3) is 2.93. The SMILES string of the molecule is CCOC(=O)C1=C(C)NC(S)N(c2ccccc2C)C1. The van der Waals surface area contributed by atoms with Crippen LogP contribution >= 0.6 is 12.6 Å². The quantitative estimate of drug-likeness (QED) is 0.663. The second kappa shape index (κ2) is 6.22. The fourth-order valence-corrected chi connectivity index (χ4v) is 2.67. The van der Waals surface area contributed by atoms with Crippen LogP contribution in [-0.4, -0.2) is 24.6 Å². The molecule has 0 saturated heterocycles. The minimum Gasteiger partial charge on any atom is -0.463 e. The minimum absolute atomic E-state index is 0.158. The number of thiol groups is 1. The van der Waals surface area contributed by atoms with Crippen molar-refractivity contribution in [3.05, 3.63) is 41.1 Å². The largest absolute Gasteiger partial charge is 0.463 e. The molecule has 1 aliphatic rings. The summed E-state index contributed by atoms with van der Waals surface area (Å²) in [6.45, 7) is 6.61. The molecule has 1 N–H and O–H groups in total. The Labute approximate surface area is 125 Å². The van der Waals surface area contributed by atoms with Crippen LogP contribution < -0.4 is 10.2 Å². The van der Waals surface area contributed by atoms with Gasteiger partial charge in [-0.3, -0.25) is 0 Å². The highest BCUT2D eigenvalue weighted by Gasteiger charge is 2.28. The van der Waals surface area contributed by atoms with Crippen LogP contribution in [0.2, 0.25) is 0 Å². The number of hydrogen-bond acceptors (Lipinski definition) is 5. The van der Waals surface area contributed by atoms with Crippen molar-refractivity contribution in [1.29, 1.82) is 0 Å². The van der Waals surface area contributed by atoms with Crippen LogP contribution in [0.4, 0.5) is 5.69 Å². The van der Waals surface area contributed by atoms with E-state index in [4.69, 9.17) is 4.74 Å². The fourth-order valence-electron chi connectivity index (χ4n) is 2.27. The zero-order valence-corrected chi connectivity index (χ0v) is 12.9. The van der Waals surface area contributed by atoms with E-state index in [2.05, 4.69) is 22.8 Å². The van der Waals surface area contributed by atoms with Gasteiger partial charge in [0.25, 0.3) is 0 Å². The number of hydrogen-bond donors (Lipinski definition) is 2. The first-order chi connectivity index (χ1) is 9.54. The van der Waals surface area contributed by atoms with E-state index in [0.717, 1.165) is 16.9 Å². The number of nitrogens with one attached hydrogen (secondary N) is 1. The van der Waals surface area contributed by atoms with Crippen LogP contribution in [0.25, 0.3) is 0 Å². The van der Waals surface area contributed by atoms with E-state index in [0.29, 0.717) is 18.7 Å². The molecule has 1 heterocycles. The third-order valence-electron chi connectivity index (χ3n) is 3.37. The lowest BCUT2D eigenvalue weighted by molar-refractivity contribution is -0.138. The molecular weight excluding hydrogens is 272 g/mol. The van der Waals surface area contributed by atoms with Gasteiger partial charge in [0.1, 0.15) is 5.50 Å². The number of carbonyl (C=O) groups is 1. The molecule has 1 aromatic carbocycles. The van der Waals surface area contributed by atoms with Crippen molar-refractivity contribution in [2.45, 2.75) is 26.3 Å². The Morgan fingerprint density at radius 2 is 2.15 bits per heavy atom. The highest BCUT2D eigenvalue weighted by molar-refractivity contribution is 7.81. The molecule has 1 atom stereocenters. The van der Waals surface area contributed by atoms with Crippen LogP contribution in [0.1, 0.15) is 19.4 Å². The number of aryl methyl sites for hydroxylation is 1. The average Bonchev–Trinajstić information content (AvgIpc) is 2.40. The molecule has 4 nitrogen and oxygen atoms in total. The number of carbonyl (C=O) groups excluding carboxylic acids is 1. The highest BCUT2D eigenvalue weighted by atomic mass is 32.1. The van der Waals surface area contributed by atoms with E-state index in [1.807, 2.05) is 45.0 Å². The van der Waals surface area contributed by atoms with Gasteiger partial charge in [-0.2, -0.15) is 0 Å². The Balaban J connectivity index is 2.30. The zero-order valence-electron chi connectivity index (χ0n) is 12.0. The van der Waals surface area contributed by atoms with E-state index in [-0.39, 0.29) is 11.5 Å². The van der Waals surface area contributed by atoms with Gasteiger partial charge in [-0.15, -0.1) is 12.6 Å². The molecule has 5 heteroatoms. The van der Waals surface area contributed by atoms with Crippen molar-refractivity contribution in [3.8, 4) is 0 Å². The average molecular weight is 292 g/mol. The van der Waals surface area contributed by atoms with Gasteiger partial charge in [0.05, 0.1) is 18.7 Å². The Hall–Kier alpha value is -1.62. The molecule has 1 unspecified atom stereocenters. The molecule has 0 saturated carbocycles. The van der Waals surface area contributed by atoms with Gasteiger partial charge in [-0.25, -0.2) is 4.79 Å². The summed E-state index contributed by atoms with van der Waals surface area (Å²) in [6, 6.07) is 8.06. The molecule has 0 amide bonds. The maximum Gasteiger partial charge on any atom is 0.337 e. The molecule has 1 aliphatic heterocycles. The number of ether oxygens (including phenoxy) is 1. The van der Waals surface area contributed by atoms with Crippen LogP contribution in [0.5, 0.6) is 0 Å². The van der Waals surface area contributed by atoms with Crippen molar-refractivity contribution < 1.29 is 9.53 Å². The summed E-state index contributed by atoms with van der Waals surface area (Å²) in [5.41, 5.74) is 3.54. The zero-order chi connectivity index (χ0) is 14.7. The first-order valence-electron chi connectivity index (χ1n) is 6.68. The van der Waals surface area contributed by atoms with Crippen LogP contribution in [0.15, 0.2) is 35.5 Å². The molecule has 2 rings (SSSR count). The number of rotatable bonds is 3. The van der Waals surface area contributed by atoms with Gasteiger partial charge in [0, 0.05) is 11.4 Å². The summed E-state index contributed by atoms with van der Waals surface area (Å²) >= 11 is 4.56. The molecule has 0 spiro atoms. The summed E-state index contributed by atoms with van der Waals surface area (Å²) in [5, 5.41) is 3.21. The molecule has 0 aliphatic carbocycles. The molecule has 20 heavy (non-hydrogen) atoms. The van der Waals surface area contributed by atoms with Gasteiger partial charge in [0.2, 0.25) is 0 Å². The normalized spacial score (nSPS) is 18.8. The number of para-hydroxylation sites is 1. The summed E-state index contributed by atoms with van der Waals surface area (Å²) < 4.78 is 5.11. The first-order valence-corrected chi connectivity index (χ1v) is 7.20. The van der Waals surface area contributed by atoms with E-state index >= 15 is 0 Å². The number of nitrogens with zero attached hydrogens (tertiary/aromatic N) is 1. The Morgan fingerprint density at radius 3 is 2.80 bits per heavy atom. The lowest BCUT2D eigenvalue weighted by Gasteiger charge is -2.37. The Bertz CT molecular complexity index is 542. The maximum atomic E-state index is 12.0.